The summed E-state index contributed by atoms with van der Waals surface area (Å²) in [6.45, 7) is 2.40. The fourth-order valence-corrected chi connectivity index (χ4v) is 3.73. The van der Waals surface area contributed by atoms with E-state index in [1.165, 1.54) is 23.1 Å². The molecule has 1 saturated heterocycles. The van der Waals surface area contributed by atoms with E-state index < -0.39 is 0 Å². The smallest absolute Gasteiger partial charge is 0.132 e. The third-order valence-electron chi connectivity index (χ3n) is 5.19. The number of Topliss-reactive ketones (excluding diaryl/α,β-unsaturated/α-hetero) is 1. The Labute approximate surface area is 145 Å². The number of hydrogen-bond donors (Lipinski definition) is 0. The van der Waals surface area contributed by atoms with Gasteiger partial charge in [0, 0.05) is 19.4 Å². The van der Waals surface area contributed by atoms with Gasteiger partial charge in [0.2, 0.25) is 0 Å². The van der Waals surface area contributed by atoms with Crippen LogP contribution in [0.25, 0.3) is 0 Å². The number of ketones is 1. The van der Waals surface area contributed by atoms with Crippen molar-refractivity contribution >= 4 is 5.78 Å². The van der Waals surface area contributed by atoms with E-state index in [0.717, 1.165) is 77.6 Å². The molecule has 132 valence electrons. The van der Waals surface area contributed by atoms with Gasteiger partial charge in [-0.15, -0.1) is 0 Å². The van der Waals surface area contributed by atoms with E-state index in [-0.39, 0.29) is 0 Å². The summed E-state index contributed by atoms with van der Waals surface area (Å²) in [6, 6.07) is 6.88. The van der Waals surface area contributed by atoms with Crippen molar-refractivity contribution < 1.29 is 14.3 Å². The number of carbonyl (C=O) groups excluding carboxylic acids is 1. The lowest BCUT2D eigenvalue weighted by molar-refractivity contribution is -0.119. The summed E-state index contributed by atoms with van der Waals surface area (Å²) < 4.78 is 11.4. The monoisotopic (exact) mass is 330 g/mol. The number of aryl methyl sites for hydroxylation is 2. The Morgan fingerprint density at radius 3 is 2.71 bits per heavy atom. The van der Waals surface area contributed by atoms with E-state index in [1.807, 2.05) is 0 Å². The van der Waals surface area contributed by atoms with Gasteiger partial charge in [-0.3, -0.25) is 4.79 Å². The number of ether oxygens (including phenoxy) is 2. The highest BCUT2D eigenvalue weighted by atomic mass is 16.5. The maximum Gasteiger partial charge on any atom is 0.132 e. The minimum absolute atomic E-state index is 0.316. The van der Waals surface area contributed by atoms with E-state index in [9.17, 15) is 4.79 Å². The van der Waals surface area contributed by atoms with Gasteiger partial charge in [0.1, 0.15) is 5.78 Å². The fraction of sp³-hybridized carbons (Fsp3) is 0.667. The molecule has 1 aliphatic heterocycles. The lowest BCUT2D eigenvalue weighted by Crippen LogP contribution is -2.15. The number of rotatable bonds is 5. The van der Waals surface area contributed by atoms with Gasteiger partial charge >= 0.3 is 0 Å². The van der Waals surface area contributed by atoms with Crippen molar-refractivity contribution in [3.8, 4) is 0 Å². The molecule has 1 aromatic carbocycles. The Balaban J connectivity index is 1.50. The second-order valence-corrected chi connectivity index (χ2v) is 7.16. The van der Waals surface area contributed by atoms with Gasteiger partial charge in [-0.2, -0.15) is 0 Å². The number of benzene rings is 1. The van der Waals surface area contributed by atoms with E-state index >= 15 is 0 Å². The molecular formula is C21H30O3. The second kappa shape index (κ2) is 9.33. The first kappa shape index (κ1) is 17.6. The van der Waals surface area contributed by atoms with Crippen molar-refractivity contribution in [1.29, 1.82) is 0 Å². The predicted octanol–water partition coefficient (Wildman–Crippen LogP) is 4.04. The average molecular weight is 330 g/mol. The molecule has 1 fully saturated rings. The van der Waals surface area contributed by atoms with Crippen LogP contribution in [0.3, 0.4) is 0 Å². The zero-order valence-corrected chi connectivity index (χ0v) is 14.7. The third-order valence-corrected chi connectivity index (χ3v) is 5.19. The minimum atomic E-state index is 0.316. The van der Waals surface area contributed by atoms with E-state index in [2.05, 4.69) is 18.2 Å². The zero-order chi connectivity index (χ0) is 16.6. The summed E-state index contributed by atoms with van der Waals surface area (Å²) in [5, 5.41) is 0. The molecule has 0 bridgehead atoms. The van der Waals surface area contributed by atoms with E-state index in [4.69, 9.17) is 9.47 Å². The summed E-state index contributed by atoms with van der Waals surface area (Å²) in [6.07, 6.45) is 10.4. The van der Waals surface area contributed by atoms with Crippen LogP contribution in [0.15, 0.2) is 18.2 Å². The van der Waals surface area contributed by atoms with Crippen LogP contribution in [0, 0.1) is 0 Å². The molecule has 0 saturated carbocycles. The Kier molecular flexibility index (Phi) is 6.86. The van der Waals surface area contributed by atoms with Crippen LogP contribution < -0.4 is 0 Å². The SMILES string of the molecule is O=C1CCCCc2cc(CCOCC3CCCO3)ccc2CCC1. The van der Waals surface area contributed by atoms with Crippen molar-refractivity contribution in [2.24, 2.45) is 0 Å². The van der Waals surface area contributed by atoms with Crippen LogP contribution in [0.4, 0.5) is 0 Å². The topological polar surface area (TPSA) is 35.5 Å². The van der Waals surface area contributed by atoms with Crippen LogP contribution in [-0.4, -0.2) is 31.7 Å². The van der Waals surface area contributed by atoms with E-state index in [0.29, 0.717) is 11.9 Å². The van der Waals surface area contributed by atoms with Gasteiger partial charge in [-0.25, -0.2) is 0 Å². The Morgan fingerprint density at radius 2 is 1.83 bits per heavy atom. The Morgan fingerprint density at radius 1 is 1.00 bits per heavy atom. The van der Waals surface area contributed by atoms with Crippen molar-refractivity contribution in [3.63, 3.8) is 0 Å². The number of fused-ring (bicyclic) bond motifs is 1. The molecular weight excluding hydrogens is 300 g/mol. The number of hydrogen-bond acceptors (Lipinski definition) is 3. The molecule has 1 unspecified atom stereocenters. The molecule has 0 aromatic heterocycles. The molecule has 1 heterocycles. The highest BCUT2D eigenvalue weighted by Gasteiger charge is 2.15. The van der Waals surface area contributed by atoms with Crippen molar-refractivity contribution in [2.45, 2.75) is 70.3 Å². The predicted molar refractivity (Wildman–Crippen MR) is 95.4 cm³/mol. The first-order valence-electron chi connectivity index (χ1n) is 9.63. The Bertz CT molecular complexity index is 532. The summed E-state index contributed by atoms with van der Waals surface area (Å²) in [4.78, 5) is 11.7. The van der Waals surface area contributed by atoms with Gasteiger partial charge in [-0.1, -0.05) is 18.2 Å². The molecule has 2 aliphatic rings. The molecule has 0 amide bonds. The van der Waals surface area contributed by atoms with Gasteiger partial charge < -0.3 is 9.47 Å². The fourth-order valence-electron chi connectivity index (χ4n) is 3.73. The third kappa shape index (κ3) is 5.42. The van der Waals surface area contributed by atoms with Gasteiger partial charge in [0.15, 0.2) is 0 Å². The first-order valence-corrected chi connectivity index (χ1v) is 9.63. The number of carbonyl (C=O) groups is 1. The lowest BCUT2D eigenvalue weighted by atomic mass is 9.92. The summed E-state index contributed by atoms with van der Waals surface area (Å²) >= 11 is 0. The quantitative estimate of drug-likeness (QED) is 0.764. The van der Waals surface area contributed by atoms with Crippen LogP contribution >= 0.6 is 0 Å². The maximum absolute atomic E-state index is 11.7. The summed E-state index contributed by atoms with van der Waals surface area (Å²) in [5.41, 5.74) is 4.30. The molecule has 3 rings (SSSR count). The molecule has 0 spiro atoms. The molecule has 3 heteroatoms. The second-order valence-electron chi connectivity index (χ2n) is 7.16. The normalized spacial score (nSPS) is 22.3. The maximum atomic E-state index is 11.7. The molecule has 1 aromatic rings. The lowest BCUT2D eigenvalue weighted by Gasteiger charge is -2.14. The molecule has 1 aliphatic carbocycles. The highest BCUT2D eigenvalue weighted by Crippen LogP contribution is 2.20. The Hall–Kier alpha value is -1.19. The van der Waals surface area contributed by atoms with Crippen LogP contribution in [-0.2, 0) is 33.5 Å². The molecule has 0 N–H and O–H groups in total. The first-order chi connectivity index (χ1) is 11.8. The standard InChI is InChI=1S/C21H30O3/c22-20-7-2-1-5-19-15-17(10-11-18(19)6-3-8-20)12-14-23-16-21-9-4-13-24-21/h10-11,15,21H,1-9,12-14,16H2. The minimum Gasteiger partial charge on any atom is -0.378 e. The molecule has 1 atom stereocenters. The van der Waals surface area contributed by atoms with Crippen molar-refractivity contribution in [1.82, 2.24) is 0 Å². The molecule has 24 heavy (non-hydrogen) atoms. The summed E-state index contributed by atoms with van der Waals surface area (Å²) in [7, 11) is 0. The van der Waals surface area contributed by atoms with Crippen molar-refractivity contribution in [3.05, 3.63) is 34.9 Å². The van der Waals surface area contributed by atoms with Crippen molar-refractivity contribution in [2.75, 3.05) is 19.8 Å². The van der Waals surface area contributed by atoms with Crippen LogP contribution in [0.1, 0.15) is 61.6 Å². The van der Waals surface area contributed by atoms with E-state index in [1.54, 1.807) is 0 Å². The molecule has 0 radical (unpaired) electrons. The highest BCUT2D eigenvalue weighted by molar-refractivity contribution is 5.78. The van der Waals surface area contributed by atoms with Gasteiger partial charge in [-0.05, 0) is 68.1 Å². The zero-order valence-electron chi connectivity index (χ0n) is 14.7. The van der Waals surface area contributed by atoms with Gasteiger partial charge in [0.25, 0.3) is 0 Å². The van der Waals surface area contributed by atoms with Gasteiger partial charge in [0.05, 0.1) is 19.3 Å². The molecule has 3 nitrogen and oxygen atoms in total. The summed E-state index contributed by atoms with van der Waals surface area (Å²) in [5.74, 6) is 0.443. The largest absolute Gasteiger partial charge is 0.378 e. The average Bonchev–Trinajstić information content (AvgIpc) is 3.10. The van der Waals surface area contributed by atoms with Crippen LogP contribution in [0.5, 0.6) is 0 Å². The van der Waals surface area contributed by atoms with Crippen LogP contribution in [0.2, 0.25) is 0 Å².